The lowest BCUT2D eigenvalue weighted by atomic mass is 10.2. The van der Waals surface area contributed by atoms with Gasteiger partial charge in [-0.1, -0.05) is 6.92 Å². The number of nitrogens with one attached hydrogen (secondary N) is 2. The van der Waals surface area contributed by atoms with Gasteiger partial charge in [-0.15, -0.1) is 0 Å². The fraction of sp³-hybridized carbons (Fsp3) is 0.750. The minimum Gasteiger partial charge on any atom is -0.383 e. The molecule has 19 heavy (non-hydrogen) atoms. The molecule has 2 N–H and O–H groups in total. The van der Waals surface area contributed by atoms with Crippen molar-refractivity contribution in [3.8, 4) is 0 Å². The van der Waals surface area contributed by atoms with Crippen molar-refractivity contribution in [2.45, 2.75) is 26.3 Å². The first-order chi connectivity index (χ1) is 9.10. The number of hydrogen-bond donors (Lipinski definition) is 2. The maximum absolute atomic E-state index is 5.16. The molecule has 108 valence electrons. The van der Waals surface area contributed by atoms with E-state index in [1.165, 1.54) is 0 Å². The Bertz CT molecular complexity index is 384. The Morgan fingerprint density at radius 3 is 2.37 bits per heavy atom. The van der Waals surface area contributed by atoms with Gasteiger partial charge in [0.05, 0.1) is 12.6 Å². The van der Waals surface area contributed by atoms with Crippen molar-refractivity contribution in [1.82, 2.24) is 15.0 Å². The molecule has 0 saturated heterocycles. The fourth-order valence-electron chi connectivity index (χ4n) is 1.51. The topological polar surface area (TPSA) is 75.2 Å². The van der Waals surface area contributed by atoms with Crippen molar-refractivity contribution in [2.24, 2.45) is 0 Å². The Morgan fingerprint density at radius 1 is 1.16 bits per heavy atom. The molecule has 1 aromatic rings. The highest BCUT2D eigenvalue weighted by Crippen LogP contribution is 2.12. The van der Waals surface area contributed by atoms with Crippen LogP contribution in [-0.2, 0) is 4.74 Å². The predicted molar refractivity (Wildman–Crippen MR) is 77.9 cm³/mol. The SMILES string of the molecule is CCNc1nc(NC(CC)COC)nc(N(C)C)n1. The Morgan fingerprint density at radius 2 is 1.84 bits per heavy atom. The molecule has 1 unspecified atom stereocenters. The summed E-state index contributed by atoms with van der Waals surface area (Å²) in [4.78, 5) is 14.9. The summed E-state index contributed by atoms with van der Waals surface area (Å²) in [6.07, 6.45) is 0.938. The second kappa shape index (κ2) is 7.73. The van der Waals surface area contributed by atoms with E-state index in [2.05, 4.69) is 32.5 Å². The maximum atomic E-state index is 5.16. The van der Waals surface area contributed by atoms with Crippen LogP contribution < -0.4 is 15.5 Å². The summed E-state index contributed by atoms with van der Waals surface area (Å²) >= 11 is 0. The van der Waals surface area contributed by atoms with E-state index in [9.17, 15) is 0 Å². The molecule has 1 heterocycles. The normalized spacial score (nSPS) is 12.1. The summed E-state index contributed by atoms with van der Waals surface area (Å²) in [5, 5.41) is 6.38. The zero-order valence-corrected chi connectivity index (χ0v) is 12.4. The highest BCUT2D eigenvalue weighted by atomic mass is 16.5. The van der Waals surface area contributed by atoms with E-state index in [4.69, 9.17) is 4.74 Å². The summed E-state index contributed by atoms with van der Waals surface area (Å²) in [6.45, 7) is 5.49. The second-order valence-corrected chi connectivity index (χ2v) is 4.41. The first kappa shape index (κ1) is 15.4. The van der Waals surface area contributed by atoms with Crippen LogP contribution >= 0.6 is 0 Å². The summed E-state index contributed by atoms with van der Waals surface area (Å²) in [5.41, 5.74) is 0. The number of rotatable bonds is 8. The summed E-state index contributed by atoms with van der Waals surface area (Å²) in [5.74, 6) is 1.77. The van der Waals surface area contributed by atoms with Gasteiger partial charge in [0.2, 0.25) is 17.8 Å². The van der Waals surface area contributed by atoms with Crippen LogP contribution in [-0.4, -0.2) is 55.4 Å². The van der Waals surface area contributed by atoms with Crippen LogP contribution in [0.1, 0.15) is 20.3 Å². The summed E-state index contributed by atoms with van der Waals surface area (Å²) in [6, 6.07) is 0.192. The highest BCUT2D eigenvalue weighted by Gasteiger charge is 2.11. The standard InChI is InChI=1S/C12H24N6O/c1-6-9(8-19-5)14-11-15-10(13-7-2)16-12(17-11)18(3)4/h9H,6-8H2,1-5H3,(H2,13,14,15,16,17). The molecular formula is C12H24N6O. The zero-order chi connectivity index (χ0) is 14.3. The number of methoxy groups -OCH3 is 1. The molecule has 0 aliphatic carbocycles. The van der Waals surface area contributed by atoms with Gasteiger partial charge in [-0.2, -0.15) is 15.0 Å². The Kier molecular flexibility index (Phi) is 6.27. The third kappa shape index (κ3) is 4.86. The van der Waals surface area contributed by atoms with E-state index >= 15 is 0 Å². The van der Waals surface area contributed by atoms with Gasteiger partial charge >= 0.3 is 0 Å². The van der Waals surface area contributed by atoms with E-state index in [0.717, 1.165) is 13.0 Å². The first-order valence-corrected chi connectivity index (χ1v) is 6.53. The van der Waals surface area contributed by atoms with E-state index in [1.54, 1.807) is 7.11 Å². The Labute approximate surface area is 114 Å². The van der Waals surface area contributed by atoms with Crippen molar-refractivity contribution in [1.29, 1.82) is 0 Å². The average Bonchev–Trinajstić information content (AvgIpc) is 2.38. The molecule has 0 aliphatic heterocycles. The zero-order valence-electron chi connectivity index (χ0n) is 12.4. The highest BCUT2D eigenvalue weighted by molar-refractivity contribution is 5.43. The van der Waals surface area contributed by atoms with Crippen molar-refractivity contribution < 1.29 is 4.74 Å². The molecule has 1 rings (SSSR count). The molecule has 0 aliphatic rings. The van der Waals surface area contributed by atoms with Crippen LogP contribution in [0.3, 0.4) is 0 Å². The quantitative estimate of drug-likeness (QED) is 0.734. The molecule has 0 saturated carbocycles. The second-order valence-electron chi connectivity index (χ2n) is 4.41. The third-order valence-corrected chi connectivity index (χ3v) is 2.55. The molecule has 7 nitrogen and oxygen atoms in total. The largest absolute Gasteiger partial charge is 0.383 e. The Balaban J connectivity index is 2.91. The molecular weight excluding hydrogens is 244 g/mol. The molecule has 0 bridgehead atoms. The van der Waals surface area contributed by atoms with Gasteiger partial charge in [0.25, 0.3) is 0 Å². The summed E-state index contributed by atoms with van der Waals surface area (Å²) < 4.78 is 5.16. The molecule has 0 spiro atoms. The Hall–Kier alpha value is -1.63. The van der Waals surface area contributed by atoms with Gasteiger partial charge in [-0.05, 0) is 13.3 Å². The van der Waals surface area contributed by atoms with Crippen molar-refractivity contribution in [3.05, 3.63) is 0 Å². The third-order valence-electron chi connectivity index (χ3n) is 2.55. The van der Waals surface area contributed by atoms with Crippen LogP contribution in [0.25, 0.3) is 0 Å². The number of aromatic nitrogens is 3. The van der Waals surface area contributed by atoms with E-state index in [1.807, 2.05) is 25.9 Å². The van der Waals surface area contributed by atoms with Crippen LogP contribution in [0.5, 0.6) is 0 Å². The molecule has 1 aromatic heterocycles. The number of ether oxygens (including phenoxy) is 1. The van der Waals surface area contributed by atoms with Gasteiger partial charge in [-0.3, -0.25) is 0 Å². The molecule has 7 heteroatoms. The van der Waals surface area contributed by atoms with Crippen LogP contribution in [0.2, 0.25) is 0 Å². The van der Waals surface area contributed by atoms with E-state index in [0.29, 0.717) is 24.5 Å². The van der Waals surface area contributed by atoms with Crippen LogP contribution in [0, 0.1) is 0 Å². The number of nitrogens with zero attached hydrogens (tertiary/aromatic N) is 4. The van der Waals surface area contributed by atoms with Crippen molar-refractivity contribution >= 4 is 17.8 Å². The van der Waals surface area contributed by atoms with Crippen molar-refractivity contribution in [3.63, 3.8) is 0 Å². The average molecular weight is 268 g/mol. The van der Waals surface area contributed by atoms with Gasteiger partial charge in [-0.25, -0.2) is 0 Å². The van der Waals surface area contributed by atoms with E-state index in [-0.39, 0.29) is 6.04 Å². The molecule has 0 amide bonds. The smallest absolute Gasteiger partial charge is 0.231 e. The molecule has 0 aromatic carbocycles. The predicted octanol–water partition coefficient (Wildman–Crippen LogP) is 1.21. The lowest BCUT2D eigenvalue weighted by molar-refractivity contribution is 0.184. The molecule has 0 fully saturated rings. The lowest BCUT2D eigenvalue weighted by Crippen LogP contribution is -2.26. The summed E-state index contributed by atoms with van der Waals surface area (Å²) in [7, 11) is 5.50. The van der Waals surface area contributed by atoms with Crippen LogP contribution in [0.15, 0.2) is 0 Å². The maximum Gasteiger partial charge on any atom is 0.231 e. The van der Waals surface area contributed by atoms with Gasteiger partial charge in [0.1, 0.15) is 0 Å². The minimum atomic E-state index is 0.192. The van der Waals surface area contributed by atoms with Gasteiger partial charge in [0.15, 0.2) is 0 Å². The number of hydrogen-bond acceptors (Lipinski definition) is 7. The van der Waals surface area contributed by atoms with Gasteiger partial charge < -0.3 is 20.3 Å². The number of anilines is 3. The monoisotopic (exact) mass is 268 g/mol. The molecule has 1 atom stereocenters. The minimum absolute atomic E-state index is 0.192. The fourth-order valence-corrected chi connectivity index (χ4v) is 1.51. The van der Waals surface area contributed by atoms with Crippen molar-refractivity contribution in [2.75, 3.05) is 49.9 Å². The first-order valence-electron chi connectivity index (χ1n) is 6.53. The van der Waals surface area contributed by atoms with Crippen LogP contribution in [0.4, 0.5) is 17.8 Å². The lowest BCUT2D eigenvalue weighted by Gasteiger charge is -2.18. The molecule has 0 radical (unpaired) electrons. The van der Waals surface area contributed by atoms with Gasteiger partial charge in [0, 0.05) is 27.7 Å². The van der Waals surface area contributed by atoms with E-state index < -0.39 is 0 Å².